The lowest BCUT2D eigenvalue weighted by Gasteiger charge is -2.13. The second-order valence-electron chi connectivity index (χ2n) is 8.98. The average molecular weight is 450 g/mol. The van der Waals surface area contributed by atoms with Crippen LogP contribution in [0.1, 0.15) is 46.6 Å². The summed E-state index contributed by atoms with van der Waals surface area (Å²) in [5.41, 5.74) is 5.26. The highest BCUT2D eigenvalue weighted by Gasteiger charge is 2.20. The van der Waals surface area contributed by atoms with Crippen LogP contribution in [0.25, 0.3) is 22.4 Å². The van der Waals surface area contributed by atoms with Gasteiger partial charge in [0.1, 0.15) is 16.7 Å². The predicted octanol–water partition coefficient (Wildman–Crippen LogP) is 4.08. The van der Waals surface area contributed by atoms with Crippen molar-refractivity contribution in [2.45, 2.75) is 39.7 Å². The molecule has 4 aromatic rings. The van der Waals surface area contributed by atoms with Gasteiger partial charge in [0.05, 0.1) is 16.9 Å². The monoisotopic (exact) mass is 449 g/mol. The molecule has 0 atom stereocenters. The van der Waals surface area contributed by atoms with Crippen molar-refractivity contribution < 1.29 is 4.79 Å². The van der Waals surface area contributed by atoms with Gasteiger partial charge in [-0.1, -0.05) is 32.9 Å². The van der Waals surface area contributed by atoms with Crippen LogP contribution in [0.2, 0.25) is 0 Å². The van der Waals surface area contributed by atoms with E-state index in [-0.39, 0.29) is 11.3 Å². The maximum Gasteiger partial charge on any atom is 0.263 e. The minimum Gasteiger partial charge on any atom is -0.348 e. The number of benzene rings is 1. The highest BCUT2D eigenvalue weighted by Crippen LogP contribution is 2.28. The Hall–Kier alpha value is -3.33. The van der Waals surface area contributed by atoms with Gasteiger partial charge in [-0.2, -0.15) is 4.98 Å². The molecule has 0 aliphatic carbocycles. The number of H-pyrrole nitrogens is 1. The van der Waals surface area contributed by atoms with E-state index in [4.69, 9.17) is 0 Å². The van der Waals surface area contributed by atoms with Crippen LogP contribution in [0.3, 0.4) is 0 Å². The molecule has 3 aromatic heterocycles. The summed E-state index contributed by atoms with van der Waals surface area (Å²) in [6.45, 7) is 8.75. The van der Waals surface area contributed by atoms with Crippen LogP contribution in [0, 0.1) is 6.92 Å². The first-order chi connectivity index (χ1) is 15.1. The summed E-state index contributed by atoms with van der Waals surface area (Å²) in [5, 5.41) is 3.96. The van der Waals surface area contributed by atoms with E-state index in [0.29, 0.717) is 17.1 Å². The molecule has 0 bridgehead atoms. The summed E-state index contributed by atoms with van der Waals surface area (Å²) in [5.74, 6) is 0.628. The molecule has 0 radical (unpaired) electrons. The molecule has 9 heteroatoms. The molecule has 1 amide bonds. The SMILES string of the molecule is Cc1cc(-c2ncnc3nc(N(C)C)[nH]c23)ccc1CNC(=O)c1cnc(C(C)(C)C)s1. The maximum absolute atomic E-state index is 12.6. The number of imidazole rings is 1. The van der Waals surface area contributed by atoms with Gasteiger partial charge in [-0.25, -0.2) is 15.0 Å². The summed E-state index contributed by atoms with van der Waals surface area (Å²) < 4.78 is 0. The number of rotatable bonds is 5. The normalized spacial score (nSPS) is 11.7. The second-order valence-corrected chi connectivity index (χ2v) is 10.0. The fraction of sp³-hybridized carbons (Fsp3) is 0.348. The van der Waals surface area contributed by atoms with Gasteiger partial charge in [-0.05, 0) is 24.1 Å². The lowest BCUT2D eigenvalue weighted by Crippen LogP contribution is -2.22. The van der Waals surface area contributed by atoms with Gasteiger partial charge in [-0.15, -0.1) is 11.3 Å². The van der Waals surface area contributed by atoms with Crippen LogP contribution in [-0.4, -0.2) is 44.9 Å². The Morgan fingerprint density at radius 3 is 2.62 bits per heavy atom. The minimum atomic E-state index is -0.104. The number of nitrogens with one attached hydrogen (secondary N) is 2. The van der Waals surface area contributed by atoms with E-state index < -0.39 is 0 Å². The number of hydrogen-bond donors (Lipinski definition) is 2. The average Bonchev–Trinajstić information content (AvgIpc) is 3.39. The molecule has 1 aromatic carbocycles. The van der Waals surface area contributed by atoms with Crippen molar-refractivity contribution in [2.75, 3.05) is 19.0 Å². The molecule has 0 saturated carbocycles. The van der Waals surface area contributed by atoms with Gasteiger partial charge in [0.2, 0.25) is 5.95 Å². The Bertz CT molecular complexity index is 1280. The maximum atomic E-state index is 12.6. The quantitative estimate of drug-likeness (QED) is 0.476. The molecular weight excluding hydrogens is 422 g/mol. The molecule has 0 unspecified atom stereocenters. The Labute approximate surface area is 191 Å². The summed E-state index contributed by atoms with van der Waals surface area (Å²) >= 11 is 1.44. The van der Waals surface area contributed by atoms with E-state index in [2.05, 4.69) is 57.1 Å². The van der Waals surface area contributed by atoms with Crippen LogP contribution in [0.4, 0.5) is 5.95 Å². The van der Waals surface area contributed by atoms with Crippen LogP contribution in [-0.2, 0) is 12.0 Å². The third-order valence-electron chi connectivity index (χ3n) is 5.13. The van der Waals surface area contributed by atoms with Crippen molar-refractivity contribution in [3.8, 4) is 11.3 Å². The zero-order valence-electron chi connectivity index (χ0n) is 19.1. The number of carbonyl (C=O) groups is 1. The van der Waals surface area contributed by atoms with E-state index in [1.54, 1.807) is 6.20 Å². The van der Waals surface area contributed by atoms with E-state index in [9.17, 15) is 4.79 Å². The van der Waals surface area contributed by atoms with Gasteiger partial charge in [0.15, 0.2) is 5.65 Å². The van der Waals surface area contributed by atoms with Gasteiger partial charge < -0.3 is 15.2 Å². The molecule has 8 nitrogen and oxygen atoms in total. The topological polar surface area (TPSA) is 99.7 Å². The molecule has 166 valence electrons. The van der Waals surface area contributed by atoms with Crippen molar-refractivity contribution in [3.63, 3.8) is 0 Å². The first-order valence-corrected chi connectivity index (χ1v) is 11.2. The van der Waals surface area contributed by atoms with Crippen molar-refractivity contribution in [1.29, 1.82) is 0 Å². The molecule has 2 N–H and O–H groups in total. The Balaban J connectivity index is 1.52. The number of nitrogens with zero attached hydrogens (tertiary/aromatic N) is 5. The highest BCUT2D eigenvalue weighted by molar-refractivity contribution is 7.13. The number of hydrogen-bond acceptors (Lipinski definition) is 7. The number of aromatic nitrogens is 5. The number of carbonyl (C=O) groups excluding carboxylic acids is 1. The first kappa shape index (κ1) is 21.9. The van der Waals surface area contributed by atoms with Gasteiger partial charge in [0.25, 0.3) is 5.91 Å². The lowest BCUT2D eigenvalue weighted by molar-refractivity contribution is 0.0954. The van der Waals surface area contributed by atoms with E-state index in [1.165, 1.54) is 17.7 Å². The van der Waals surface area contributed by atoms with Crippen LogP contribution < -0.4 is 10.2 Å². The van der Waals surface area contributed by atoms with Crippen LogP contribution in [0.15, 0.2) is 30.7 Å². The van der Waals surface area contributed by atoms with Gasteiger partial charge in [0, 0.05) is 31.6 Å². The summed E-state index contributed by atoms with van der Waals surface area (Å²) in [7, 11) is 3.85. The Kier molecular flexibility index (Phi) is 5.68. The molecule has 32 heavy (non-hydrogen) atoms. The fourth-order valence-corrected chi connectivity index (χ4v) is 4.17. The van der Waals surface area contributed by atoms with Crippen molar-refractivity contribution in [1.82, 2.24) is 30.2 Å². The molecular formula is C23H27N7OS. The number of amides is 1. The number of fused-ring (bicyclic) bond motifs is 1. The highest BCUT2D eigenvalue weighted by atomic mass is 32.1. The molecule has 0 saturated heterocycles. The van der Waals surface area contributed by atoms with E-state index in [0.717, 1.165) is 38.9 Å². The zero-order valence-corrected chi connectivity index (χ0v) is 20.0. The second kappa shape index (κ2) is 8.31. The summed E-state index contributed by atoms with van der Waals surface area (Å²) in [4.78, 5) is 36.1. The molecule has 0 aliphatic heterocycles. The largest absolute Gasteiger partial charge is 0.348 e. The smallest absolute Gasteiger partial charge is 0.263 e. The summed E-state index contributed by atoms with van der Waals surface area (Å²) in [6, 6.07) is 6.11. The standard InChI is InChI=1S/C23H27N7OS/c1-13-9-14(17-18-19(27-12-26-17)29-22(28-18)30(5)6)7-8-15(13)10-24-20(31)16-11-25-21(32-16)23(2,3)4/h7-9,11-12H,10H2,1-6H3,(H,24,31)(H,26,27,28,29). The number of aryl methyl sites for hydroxylation is 1. The Morgan fingerprint density at radius 1 is 1.19 bits per heavy atom. The fourth-order valence-electron chi connectivity index (χ4n) is 3.28. The van der Waals surface area contributed by atoms with Crippen molar-refractivity contribution in [3.05, 3.63) is 51.7 Å². The van der Waals surface area contributed by atoms with E-state index >= 15 is 0 Å². The zero-order chi connectivity index (χ0) is 23.0. The molecule has 3 heterocycles. The minimum absolute atomic E-state index is 0.0655. The lowest BCUT2D eigenvalue weighted by atomic mass is 9.98. The number of aromatic amines is 1. The van der Waals surface area contributed by atoms with Crippen molar-refractivity contribution >= 4 is 34.4 Å². The molecule has 0 aliphatic rings. The predicted molar refractivity (Wildman–Crippen MR) is 128 cm³/mol. The van der Waals surface area contributed by atoms with Gasteiger partial charge >= 0.3 is 0 Å². The van der Waals surface area contributed by atoms with Gasteiger partial charge in [-0.3, -0.25) is 4.79 Å². The summed E-state index contributed by atoms with van der Waals surface area (Å²) in [6.07, 6.45) is 3.19. The number of anilines is 1. The van der Waals surface area contributed by atoms with Crippen molar-refractivity contribution in [2.24, 2.45) is 0 Å². The van der Waals surface area contributed by atoms with Crippen LogP contribution >= 0.6 is 11.3 Å². The molecule has 0 spiro atoms. The third-order valence-corrected chi connectivity index (χ3v) is 6.55. The number of thiazole rings is 1. The Morgan fingerprint density at radius 2 is 1.97 bits per heavy atom. The van der Waals surface area contributed by atoms with E-state index in [1.807, 2.05) is 38.1 Å². The molecule has 4 rings (SSSR count). The third kappa shape index (κ3) is 4.34. The van der Waals surface area contributed by atoms with Crippen LogP contribution in [0.5, 0.6) is 0 Å². The first-order valence-electron chi connectivity index (χ1n) is 10.4. The molecule has 0 fully saturated rings.